The van der Waals surface area contributed by atoms with E-state index < -0.39 is 7.82 Å². The van der Waals surface area contributed by atoms with Gasteiger partial charge in [-0.25, -0.2) is 0 Å². The Balaban J connectivity index is -0.0000000833. The third kappa shape index (κ3) is 31.4. The summed E-state index contributed by atoms with van der Waals surface area (Å²) in [5, 5.41) is 0. The first-order valence-corrected chi connectivity index (χ1v) is 4.64. The van der Waals surface area contributed by atoms with E-state index in [2.05, 4.69) is 4.52 Å². The molecule has 0 rings (SSSR count). The van der Waals surface area contributed by atoms with E-state index >= 15 is 0 Å². The van der Waals surface area contributed by atoms with Crippen molar-refractivity contribution in [2.45, 2.75) is 0 Å². The molecule has 6 nitrogen and oxygen atoms in total. The predicted molar refractivity (Wildman–Crippen MR) is 40.1 cm³/mol. The van der Waals surface area contributed by atoms with Gasteiger partial charge in [-0.05, 0) is 0 Å². The topological polar surface area (TPSA) is 104 Å². The van der Waals surface area contributed by atoms with E-state index in [1.807, 2.05) is 21.1 Å². The molecular weight excluding hydrogens is 266 g/mol. The van der Waals surface area contributed by atoms with Gasteiger partial charge in [-0.2, -0.15) is 0 Å². The van der Waals surface area contributed by atoms with E-state index in [0.29, 0.717) is 11.0 Å². The van der Waals surface area contributed by atoms with Crippen LogP contribution in [0.2, 0.25) is 0 Å². The number of rotatable bonds is 4. The maximum Gasteiger partial charge on any atom is 1.00 e. The average Bonchev–Trinajstić information content (AvgIpc) is 1.55. The number of halogens is 1. The summed E-state index contributed by atoms with van der Waals surface area (Å²) in [4.78, 5) is 19.9. The van der Waals surface area contributed by atoms with Crippen molar-refractivity contribution in [1.29, 1.82) is 0 Å². The van der Waals surface area contributed by atoms with Crippen molar-refractivity contribution in [1.82, 2.24) is 0 Å². The number of nitrogens with zero attached hydrogens (tertiary/aromatic N) is 1. The van der Waals surface area contributed by atoms with Gasteiger partial charge in [-0.15, -0.1) is 0 Å². The minimum atomic E-state index is -4.76. The fourth-order valence-electron chi connectivity index (χ4n) is 0.426. The van der Waals surface area contributed by atoms with Crippen LogP contribution in [0.4, 0.5) is 0 Å². The molecule has 0 atom stereocenters. The number of likely N-dealkylation sites (N-methyl/N-ethyl adjacent to an activating group) is 1. The third-order valence-corrected chi connectivity index (χ3v) is 1.51. The van der Waals surface area contributed by atoms with Gasteiger partial charge in [0.25, 0.3) is 0 Å². The van der Waals surface area contributed by atoms with Crippen LogP contribution in [-0.4, -0.2) is 44.3 Å². The molecule has 0 aliphatic heterocycles. The van der Waals surface area contributed by atoms with E-state index in [0.717, 1.165) is 0 Å². The molecule has 0 aromatic heterocycles. The molecule has 2 N–H and O–H groups in total. The van der Waals surface area contributed by atoms with Crippen molar-refractivity contribution in [2.24, 2.45) is 0 Å². The van der Waals surface area contributed by atoms with Crippen molar-refractivity contribution < 1.29 is 100 Å². The van der Waals surface area contributed by atoms with Crippen LogP contribution >= 0.6 is 7.82 Å². The van der Waals surface area contributed by atoms with Crippen molar-refractivity contribution in [3.05, 3.63) is 0 Å². The summed E-state index contributed by atoms with van der Waals surface area (Å²) in [6, 6.07) is 0. The molecule has 0 saturated carbocycles. The van der Waals surface area contributed by atoms with Gasteiger partial charge in [0.2, 0.25) is 0 Å². The standard InChI is InChI=1S/C5H14NO4P.ClH.2Na.H2O/c1-6(2,3)4-5-10-11(7,8)9;;;;/h4-5H2,1-3H3,(H-,7,8,9);1H;;;1H2/q;;2*+1;/p-2. The number of quaternary nitrogens is 1. The van der Waals surface area contributed by atoms with Crippen LogP contribution in [0, 0.1) is 0 Å². The summed E-state index contributed by atoms with van der Waals surface area (Å²) in [6.07, 6.45) is 0. The second kappa shape index (κ2) is 12.8. The molecular formula is C5H15ClNNa2O5P. The summed E-state index contributed by atoms with van der Waals surface area (Å²) in [5.74, 6) is 0. The normalized spacial score (nSPS) is 9.93. The molecule has 0 aromatic carbocycles. The maximum absolute atomic E-state index is 9.96. The fraction of sp³-hybridized carbons (Fsp3) is 1.00. The zero-order valence-electron chi connectivity index (χ0n) is 9.82. The molecule has 0 bridgehead atoms. The molecule has 84 valence electrons. The van der Waals surface area contributed by atoms with Crippen molar-refractivity contribution in [3.8, 4) is 0 Å². The first-order valence-electron chi connectivity index (χ1n) is 3.18. The van der Waals surface area contributed by atoms with Crippen LogP contribution in [0.5, 0.6) is 0 Å². The molecule has 0 aliphatic carbocycles. The van der Waals surface area contributed by atoms with E-state index in [1.54, 1.807) is 0 Å². The summed E-state index contributed by atoms with van der Waals surface area (Å²) < 4.78 is 14.6. The first kappa shape index (κ1) is 30.4. The fourth-order valence-corrected chi connectivity index (χ4v) is 0.732. The van der Waals surface area contributed by atoms with Crippen LogP contribution in [0.3, 0.4) is 0 Å². The van der Waals surface area contributed by atoms with Gasteiger partial charge < -0.3 is 41.2 Å². The molecule has 0 saturated heterocycles. The quantitative estimate of drug-likeness (QED) is 0.290. The van der Waals surface area contributed by atoms with Crippen LogP contribution in [0.15, 0.2) is 0 Å². The number of phosphoric ester groups is 1. The van der Waals surface area contributed by atoms with Crippen molar-refractivity contribution in [3.63, 3.8) is 0 Å². The maximum atomic E-state index is 9.96. The summed E-state index contributed by atoms with van der Waals surface area (Å²) in [5.41, 5.74) is 0. The number of hydrogen-bond donors (Lipinski definition) is 0. The molecule has 10 heteroatoms. The molecule has 0 aliphatic rings. The Hall–Kier alpha value is 2.32. The Morgan fingerprint density at radius 3 is 1.73 bits per heavy atom. The van der Waals surface area contributed by atoms with Crippen LogP contribution in [0.25, 0.3) is 0 Å². The third-order valence-electron chi connectivity index (χ3n) is 1.01. The average molecular weight is 282 g/mol. The van der Waals surface area contributed by atoms with Crippen LogP contribution in [-0.2, 0) is 9.09 Å². The molecule has 0 heterocycles. The number of hydrogen-bond acceptors (Lipinski definition) is 4. The Morgan fingerprint density at radius 1 is 1.20 bits per heavy atom. The van der Waals surface area contributed by atoms with E-state index in [1.165, 1.54) is 0 Å². The summed E-state index contributed by atoms with van der Waals surface area (Å²) >= 11 is 0. The van der Waals surface area contributed by atoms with Gasteiger partial charge in [-0.1, -0.05) is 0 Å². The largest absolute Gasteiger partial charge is 1.00 e. The van der Waals surface area contributed by atoms with Gasteiger partial charge in [0, 0.05) is 0 Å². The second-order valence-corrected chi connectivity index (χ2v) is 4.45. The number of phosphoric acid groups is 1. The minimum Gasteiger partial charge on any atom is -1.00 e. The van der Waals surface area contributed by atoms with E-state index in [9.17, 15) is 14.4 Å². The van der Waals surface area contributed by atoms with Gasteiger partial charge in [-0.3, -0.25) is 0 Å². The van der Waals surface area contributed by atoms with Gasteiger partial charge in [0.1, 0.15) is 13.2 Å². The monoisotopic (exact) mass is 281 g/mol. The Morgan fingerprint density at radius 2 is 1.53 bits per heavy atom. The zero-order valence-corrected chi connectivity index (χ0v) is 15.5. The SMILES string of the molecule is C[N+](C)(C)CCOP(=O)([O-])[O-].O.[Cl-].[Na+].[Na+]. The summed E-state index contributed by atoms with van der Waals surface area (Å²) in [6.45, 7) is 0.447. The first-order chi connectivity index (χ1) is 4.71. The Kier molecular flexibility index (Phi) is 25.9. The van der Waals surface area contributed by atoms with E-state index in [-0.39, 0.29) is 83.6 Å². The minimum absolute atomic E-state index is 0. The van der Waals surface area contributed by atoms with Gasteiger partial charge >= 0.3 is 59.1 Å². The predicted octanol–water partition coefficient (Wildman–Crippen LogP) is -11.3. The molecule has 0 unspecified atom stereocenters. The molecule has 15 heavy (non-hydrogen) atoms. The van der Waals surface area contributed by atoms with Gasteiger partial charge in [0.05, 0.1) is 29.0 Å². The van der Waals surface area contributed by atoms with Crippen molar-refractivity contribution >= 4 is 7.82 Å². The molecule has 0 fully saturated rings. The molecule has 0 spiro atoms. The Bertz CT molecular complexity index is 173. The summed E-state index contributed by atoms with van der Waals surface area (Å²) in [7, 11) is 0.875. The zero-order chi connectivity index (χ0) is 9.12. The van der Waals surface area contributed by atoms with Crippen LogP contribution in [0.1, 0.15) is 0 Å². The second-order valence-electron chi connectivity index (χ2n) is 3.29. The van der Waals surface area contributed by atoms with E-state index in [4.69, 9.17) is 0 Å². The Labute approximate surface area is 141 Å². The van der Waals surface area contributed by atoms with Crippen molar-refractivity contribution in [2.75, 3.05) is 34.3 Å². The van der Waals surface area contributed by atoms with Gasteiger partial charge in [0.15, 0.2) is 0 Å². The molecule has 0 amide bonds. The smallest absolute Gasteiger partial charge is 1.00 e. The van der Waals surface area contributed by atoms with Crippen LogP contribution < -0.4 is 81.3 Å². The molecule has 0 aromatic rings. The molecule has 0 radical (unpaired) electrons.